The lowest BCUT2D eigenvalue weighted by molar-refractivity contribution is -0.116. The van der Waals surface area contributed by atoms with Crippen LogP contribution in [0.3, 0.4) is 0 Å². The third-order valence-corrected chi connectivity index (χ3v) is 4.79. The van der Waals surface area contributed by atoms with Crippen LogP contribution in [0.15, 0.2) is 28.8 Å². The number of nitrogens with one attached hydrogen (secondary N) is 1. The molecule has 0 aliphatic rings. The highest BCUT2D eigenvalue weighted by molar-refractivity contribution is 7.15. The topological polar surface area (TPSA) is 80.9 Å². The highest BCUT2D eigenvalue weighted by atomic mass is 35.5. The van der Waals surface area contributed by atoms with Gasteiger partial charge in [0.2, 0.25) is 17.6 Å². The summed E-state index contributed by atoms with van der Waals surface area (Å²) in [4.78, 5) is 21.9. The number of halogens is 1. The number of thiazole rings is 1. The lowest BCUT2D eigenvalue weighted by atomic mass is 10.2. The van der Waals surface area contributed by atoms with Crippen molar-refractivity contribution >= 4 is 34.0 Å². The van der Waals surface area contributed by atoms with E-state index >= 15 is 0 Å². The van der Waals surface area contributed by atoms with E-state index in [0.29, 0.717) is 28.3 Å². The molecule has 2 heterocycles. The Balaban J connectivity index is 1.56. The van der Waals surface area contributed by atoms with Crippen molar-refractivity contribution in [3.63, 3.8) is 0 Å². The van der Waals surface area contributed by atoms with Gasteiger partial charge in [-0.3, -0.25) is 4.79 Å². The molecule has 1 aromatic carbocycles. The third kappa shape index (κ3) is 4.43. The summed E-state index contributed by atoms with van der Waals surface area (Å²) in [6.45, 7) is 4.05. The molecule has 0 bridgehead atoms. The molecule has 0 aliphatic carbocycles. The van der Waals surface area contributed by atoms with Gasteiger partial charge in [-0.05, 0) is 37.6 Å². The second kappa shape index (κ2) is 7.76. The Bertz CT molecular complexity index is 873. The Morgan fingerprint density at radius 1 is 1.28 bits per heavy atom. The predicted molar refractivity (Wildman–Crippen MR) is 97.9 cm³/mol. The fourth-order valence-corrected chi connectivity index (χ4v) is 3.33. The molecule has 0 aliphatic heterocycles. The fraction of sp³-hybridized carbons (Fsp3) is 0.294. The molecule has 3 rings (SSSR count). The van der Waals surface area contributed by atoms with Crippen LogP contribution in [0.5, 0.6) is 0 Å². The van der Waals surface area contributed by atoms with Crippen LogP contribution >= 0.6 is 22.9 Å². The SMILES string of the molecule is CCc1nc(NC(=O)CCc2nc(-c3ccc(Cl)cc3)no2)sc1C. The molecule has 8 heteroatoms. The van der Waals surface area contributed by atoms with Crippen molar-refractivity contribution in [2.24, 2.45) is 0 Å². The van der Waals surface area contributed by atoms with E-state index in [4.69, 9.17) is 16.1 Å². The van der Waals surface area contributed by atoms with Gasteiger partial charge in [-0.15, -0.1) is 11.3 Å². The van der Waals surface area contributed by atoms with Crippen molar-refractivity contribution in [2.75, 3.05) is 5.32 Å². The Kier molecular flexibility index (Phi) is 5.45. The molecule has 6 nitrogen and oxygen atoms in total. The number of benzene rings is 1. The van der Waals surface area contributed by atoms with E-state index in [-0.39, 0.29) is 12.3 Å². The van der Waals surface area contributed by atoms with E-state index in [1.54, 1.807) is 12.1 Å². The van der Waals surface area contributed by atoms with Crippen molar-refractivity contribution in [3.05, 3.63) is 45.7 Å². The van der Waals surface area contributed by atoms with E-state index in [9.17, 15) is 4.79 Å². The van der Waals surface area contributed by atoms with Gasteiger partial charge in [-0.25, -0.2) is 4.98 Å². The average molecular weight is 377 g/mol. The molecule has 2 aromatic heterocycles. The summed E-state index contributed by atoms with van der Waals surface area (Å²) < 4.78 is 5.20. The number of carbonyl (C=O) groups excluding carboxylic acids is 1. The van der Waals surface area contributed by atoms with Crippen molar-refractivity contribution in [1.29, 1.82) is 0 Å². The van der Waals surface area contributed by atoms with Gasteiger partial charge in [-0.2, -0.15) is 4.98 Å². The van der Waals surface area contributed by atoms with Crippen LogP contribution in [-0.4, -0.2) is 21.0 Å². The molecular weight excluding hydrogens is 360 g/mol. The summed E-state index contributed by atoms with van der Waals surface area (Å²) in [5.41, 5.74) is 1.83. The van der Waals surface area contributed by atoms with Gasteiger partial charge < -0.3 is 9.84 Å². The molecule has 0 unspecified atom stereocenters. The van der Waals surface area contributed by atoms with Crippen molar-refractivity contribution in [1.82, 2.24) is 15.1 Å². The minimum absolute atomic E-state index is 0.123. The molecule has 0 atom stereocenters. The maximum atomic E-state index is 12.1. The minimum Gasteiger partial charge on any atom is -0.339 e. The second-order valence-corrected chi connectivity index (χ2v) is 7.08. The van der Waals surface area contributed by atoms with E-state index in [2.05, 4.69) is 20.4 Å². The molecule has 0 saturated heterocycles. The van der Waals surface area contributed by atoms with Gasteiger partial charge in [0.05, 0.1) is 5.69 Å². The van der Waals surface area contributed by atoms with Crippen LogP contribution in [0.1, 0.15) is 29.8 Å². The van der Waals surface area contributed by atoms with Crippen molar-refractivity contribution < 1.29 is 9.32 Å². The minimum atomic E-state index is -0.123. The average Bonchev–Trinajstić information content (AvgIpc) is 3.20. The van der Waals surface area contributed by atoms with Gasteiger partial charge in [-0.1, -0.05) is 23.7 Å². The molecule has 0 saturated carbocycles. The van der Waals surface area contributed by atoms with Gasteiger partial charge in [0.25, 0.3) is 0 Å². The Morgan fingerprint density at radius 2 is 2.04 bits per heavy atom. The zero-order chi connectivity index (χ0) is 17.8. The summed E-state index contributed by atoms with van der Waals surface area (Å²) in [5.74, 6) is 0.780. The number of aromatic nitrogens is 3. The summed E-state index contributed by atoms with van der Waals surface area (Å²) in [7, 11) is 0. The van der Waals surface area contributed by atoms with E-state index < -0.39 is 0 Å². The number of anilines is 1. The largest absolute Gasteiger partial charge is 0.339 e. The Morgan fingerprint density at radius 3 is 2.72 bits per heavy atom. The molecule has 0 radical (unpaired) electrons. The second-order valence-electron chi connectivity index (χ2n) is 5.44. The molecule has 0 fully saturated rings. The van der Waals surface area contributed by atoms with Crippen molar-refractivity contribution in [2.45, 2.75) is 33.1 Å². The number of carbonyl (C=O) groups is 1. The summed E-state index contributed by atoms with van der Waals surface area (Å²) in [6.07, 6.45) is 1.48. The Labute approximate surface area is 154 Å². The maximum Gasteiger partial charge on any atom is 0.227 e. The first-order chi connectivity index (χ1) is 12.0. The van der Waals surface area contributed by atoms with Gasteiger partial charge >= 0.3 is 0 Å². The Hall–Kier alpha value is -2.25. The first kappa shape index (κ1) is 17.6. The van der Waals surface area contributed by atoms with E-state index in [1.165, 1.54) is 11.3 Å². The summed E-state index contributed by atoms with van der Waals surface area (Å²) in [6, 6.07) is 7.17. The number of hydrogen-bond acceptors (Lipinski definition) is 6. The summed E-state index contributed by atoms with van der Waals surface area (Å²) in [5, 5.41) is 8.03. The molecule has 130 valence electrons. The standard InChI is InChI=1S/C17H17ClN4O2S/c1-3-13-10(2)25-17(19-13)20-14(23)8-9-15-21-16(22-24-15)11-4-6-12(18)7-5-11/h4-7H,3,8-9H2,1-2H3,(H,19,20,23). The van der Waals surface area contributed by atoms with Gasteiger partial charge in [0, 0.05) is 28.3 Å². The normalized spacial score (nSPS) is 10.8. The van der Waals surface area contributed by atoms with Crippen LogP contribution in [0.2, 0.25) is 5.02 Å². The lowest BCUT2D eigenvalue weighted by Crippen LogP contribution is -2.12. The molecule has 3 aromatic rings. The molecule has 0 spiro atoms. The number of rotatable bonds is 6. The monoisotopic (exact) mass is 376 g/mol. The quantitative estimate of drug-likeness (QED) is 0.694. The highest BCUT2D eigenvalue weighted by Crippen LogP contribution is 2.23. The summed E-state index contributed by atoms with van der Waals surface area (Å²) >= 11 is 7.35. The molecular formula is C17H17ClN4O2S. The van der Waals surface area contributed by atoms with E-state index in [1.807, 2.05) is 26.0 Å². The van der Waals surface area contributed by atoms with Gasteiger partial charge in [0.15, 0.2) is 5.13 Å². The third-order valence-electron chi connectivity index (χ3n) is 3.61. The fourth-order valence-electron chi connectivity index (χ4n) is 2.28. The molecule has 25 heavy (non-hydrogen) atoms. The zero-order valence-electron chi connectivity index (χ0n) is 13.9. The molecule has 1 amide bonds. The number of amides is 1. The highest BCUT2D eigenvalue weighted by Gasteiger charge is 2.13. The number of hydrogen-bond donors (Lipinski definition) is 1. The lowest BCUT2D eigenvalue weighted by Gasteiger charge is -1.99. The van der Waals surface area contributed by atoms with Crippen LogP contribution in [0.25, 0.3) is 11.4 Å². The first-order valence-corrected chi connectivity index (χ1v) is 9.09. The number of nitrogens with zero attached hydrogens (tertiary/aromatic N) is 3. The van der Waals surface area contributed by atoms with Crippen LogP contribution in [-0.2, 0) is 17.6 Å². The van der Waals surface area contributed by atoms with Crippen LogP contribution < -0.4 is 5.32 Å². The van der Waals surface area contributed by atoms with Crippen LogP contribution in [0.4, 0.5) is 5.13 Å². The molecule has 1 N–H and O–H groups in total. The van der Waals surface area contributed by atoms with Crippen molar-refractivity contribution in [3.8, 4) is 11.4 Å². The van der Waals surface area contributed by atoms with Crippen LogP contribution in [0, 0.1) is 6.92 Å². The maximum absolute atomic E-state index is 12.1. The van der Waals surface area contributed by atoms with E-state index in [0.717, 1.165) is 22.6 Å². The van der Waals surface area contributed by atoms with Gasteiger partial charge in [0.1, 0.15) is 0 Å². The zero-order valence-corrected chi connectivity index (χ0v) is 15.4. The smallest absolute Gasteiger partial charge is 0.227 e. The predicted octanol–water partition coefficient (Wildman–Crippen LogP) is 4.29. The first-order valence-electron chi connectivity index (χ1n) is 7.90. The number of aryl methyl sites for hydroxylation is 3.